The van der Waals surface area contributed by atoms with E-state index in [0.717, 1.165) is 47.5 Å². The second-order valence-electron chi connectivity index (χ2n) is 12.0. The number of aromatic nitrogens is 1. The first-order valence-electron chi connectivity index (χ1n) is 15.9. The van der Waals surface area contributed by atoms with Crippen LogP contribution in [0, 0.1) is 22.7 Å². The minimum Gasteiger partial charge on any atom is -0.486 e. The molecule has 0 spiro atoms. The number of nitriles is 2. The van der Waals surface area contributed by atoms with Gasteiger partial charge in [-0.15, -0.1) is 0 Å². The molecular formula is C37H32ClN5O5. The molecule has 1 saturated heterocycles. The Labute approximate surface area is 283 Å². The monoisotopic (exact) mass is 661 g/mol. The maximum absolute atomic E-state index is 11.6. The van der Waals surface area contributed by atoms with Gasteiger partial charge in [-0.3, -0.25) is 4.79 Å². The van der Waals surface area contributed by atoms with Crippen molar-refractivity contribution in [2.24, 2.45) is 0 Å². The highest BCUT2D eigenvalue weighted by molar-refractivity contribution is 6.31. The van der Waals surface area contributed by atoms with Gasteiger partial charge in [0.05, 0.1) is 23.3 Å². The van der Waals surface area contributed by atoms with E-state index >= 15 is 0 Å². The van der Waals surface area contributed by atoms with E-state index in [1.807, 2.05) is 18.2 Å². The summed E-state index contributed by atoms with van der Waals surface area (Å²) in [4.78, 5) is 16.4. The Bertz CT molecular complexity index is 1940. The van der Waals surface area contributed by atoms with Gasteiger partial charge in [0.2, 0.25) is 17.7 Å². The van der Waals surface area contributed by atoms with E-state index in [-0.39, 0.29) is 30.5 Å². The number of nitrogens with one attached hydrogen (secondary N) is 2. The number of amides is 1. The Morgan fingerprint density at radius 1 is 0.958 bits per heavy atom. The van der Waals surface area contributed by atoms with E-state index in [2.05, 4.69) is 41.0 Å². The second kappa shape index (κ2) is 13.8. The highest BCUT2D eigenvalue weighted by Gasteiger charge is 2.29. The fraction of sp³-hybridized carbons (Fsp3) is 0.297. The molecule has 11 heteroatoms. The van der Waals surface area contributed by atoms with Gasteiger partial charge in [0.15, 0.2) is 11.5 Å². The Hall–Kier alpha value is -5.29. The summed E-state index contributed by atoms with van der Waals surface area (Å²) in [5, 5.41) is 25.5. The predicted octanol–water partition coefficient (Wildman–Crippen LogP) is 5.93. The van der Waals surface area contributed by atoms with Crippen LogP contribution in [0.3, 0.4) is 0 Å². The molecule has 4 aromatic rings. The molecule has 1 aromatic heterocycles. The first-order valence-corrected chi connectivity index (χ1v) is 16.3. The number of hydrogen-bond donors (Lipinski definition) is 2. The number of carbonyl (C=O) groups excluding carboxylic acids is 1. The lowest BCUT2D eigenvalue weighted by Gasteiger charge is -2.20. The highest BCUT2D eigenvalue weighted by atomic mass is 35.5. The number of halogens is 1. The maximum Gasteiger partial charge on any atom is 0.236 e. The van der Waals surface area contributed by atoms with Crippen LogP contribution in [0.15, 0.2) is 60.7 Å². The van der Waals surface area contributed by atoms with Crippen LogP contribution in [-0.4, -0.2) is 36.7 Å². The Morgan fingerprint density at radius 2 is 1.77 bits per heavy atom. The summed E-state index contributed by atoms with van der Waals surface area (Å²) in [6, 6.07) is 23.2. The summed E-state index contributed by atoms with van der Waals surface area (Å²) in [7, 11) is 0. The number of fused-ring (bicyclic) bond motifs is 2. The van der Waals surface area contributed by atoms with Gasteiger partial charge in [0.25, 0.3) is 0 Å². The molecule has 10 nitrogen and oxygen atoms in total. The van der Waals surface area contributed by atoms with Gasteiger partial charge >= 0.3 is 0 Å². The van der Waals surface area contributed by atoms with Crippen LogP contribution in [0.4, 0.5) is 0 Å². The molecule has 2 aliphatic heterocycles. The van der Waals surface area contributed by atoms with Crippen molar-refractivity contribution in [3.05, 3.63) is 99.1 Å². The standard InChI is InChI=1S/C37H32ClN5O5/c38-31-15-26(19-41-20-27-5-9-35(44)42-27)36(47-21-24-13-22(17-39)12-23(14-24)18-40)43-37(31)48-32-8-6-29-28(2-1-3-30(29)32)25-4-7-33-34(16-25)46-11-10-45-33/h1-4,7,12-16,27,32,41H,5-6,8-11,19-21H2,(H,42,44)/t27-,32-/m0/s1. The van der Waals surface area contributed by atoms with E-state index in [9.17, 15) is 15.3 Å². The van der Waals surface area contributed by atoms with Crippen molar-refractivity contribution >= 4 is 17.5 Å². The third kappa shape index (κ3) is 6.72. The average molecular weight is 662 g/mol. The van der Waals surface area contributed by atoms with Gasteiger partial charge in [-0.2, -0.15) is 15.5 Å². The lowest BCUT2D eigenvalue weighted by Crippen LogP contribution is -2.35. The summed E-state index contributed by atoms with van der Waals surface area (Å²) >= 11 is 6.80. The Balaban J connectivity index is 1.13. The quantitative estimate of drug-likeness (QED) is 0.212. The van der Waals surface area contributed by atoms with Gasteiger partial charge in [0.1, 0.15) is 30.9 Å². The van der Waals surface area contributed by atoms with Crippen LogP contribution in [0.2, 0.25) is 5.02 Å². The molecule has 1 aliphatic carbocycles. The minimum absolute atomic E-state index is 0.0558. The van der Waals surface area contributed by atoms with E-state index < -0.39 is 0 Å². The summed E-state index contributed by atoms with van der Waals surface area (Å²) in [6.45, 7) is 2.13. The fourth-order valence-electron chi connectivity index (χ4n) is 6.45. The van der Waals surface area contributed by atoms with Gasteiger partial charge in [-0.1, -0.05) is 35.9 Å². The van der Waals surface area contributed by atoms with E-state index in [1.165, 1.54) is 11.6 Å². The lowest BCUT2D eigenvalue weighted by molar-refractivity contribution is -0.119. The largest absolute Gasteiger partial charge is 0.486 e. The van der Waals surface area contributed by atoms with Gasteiger partial charge in [-0.05, 0) is 83.5 Å². The molecule has 1 amide bonds. The van der Waals surface area contributed by atoms with Gasteiger partial charge in [0, 0.05) is 31.1 Å². The van der Waals surface area contributed by atoms with Gasteiger partial charge < -0.3 is 29.6 Å². The molecule has 2 atom stereocenters. The number of benzene rings is 3. The molecule has 3 aliphatic rings. The Kier molecular flexibility index (Phi) is 9.02. The molecule has 242 valence electrons. The second-order valence-corrected chi connectivity index (χ2v) is 12.4. The number of rotatable bonds is 10. The summed E-state index contributed by atoms with van der Waals surface area (Å²) in [5.41, 5.74) is 6.57. The van der Waals surface area contributed by atoms with Crippen LogP contribution < -0.4 is 29.6 Å². The average Bonchev–Trinajstić information content (AvgIpc) is 3.73. The summed E-state index contributed by atoms with van der Waals surface area (Å²) in [5.74, 6) is 2.13. The number of nitrogens with zero attached hydrogens (tertiary/aromatic N) is 3. The first kappa shape index (κ1) is 31.3. The smallest absolute Gasteiger partial charge is 0.236 e. The summed E-state index contributed by atoms with van der Waals surface area (Å²) in [6.07, 6.45) is 2.60. The van der Waals surface area contributed by atoms with Crippen LogP contribution >= 0.6 is 11.6 Å². The number of ether oxygens (including phenoxy) is 4. The lowest BCUT2D eigenvalue weighted by atomic mass is 9.96. The highest BCUT2D eigenvalue weighted by Crippen LogP contribution is 2.43. The van der Waals surface area contributed by atoms with E-state index in [1.54, 1.807) is 18.2 Å². The molecular weight excluding hydrogens is 630 g/mol. The molecule has 0 radical (unpaired) electrons. The van der Waals surface area contributed by atoms with Crippen molar-refractivity contribution in [3.8, 4) is 46.5 Å². The van der Waals surface area contributed by atoms with Crippen molar-refractivity contribution < 1.29 is 23.7 Å². The van der Waals surface area contributed by atoms with Crippen LogP contribution in [-0.2, 0) is 24.4 Å². The molecule has 2 N–H and O–H groups in total. The molecule has 0 unspecified atom stereocenters. The topological polar surface area (TPSA) is 139 Å². The zero-order valence-electron chi connectivity index (χ0n) is 26.1. The third-order valence-electron chi connectivity index (χ3n) is 8.72. The zero-order valence-corrected chi connectivity index (χ0v) is 26.8. The van der Waals surface area contributed by atoms with E-state index in [0.29, 0.717) is 65.9 Å². The van der Waals surface area contributed by atoms with Crippen molar-refractivity contribution in [1.82, 2.24) is 15.6 Å². The van der Waals surface area contributed by atoms with Crippen molar-refractivity contribution in [1.29, 1.82) is 10.5 Å². The molecule has 3 heterocycles. The molecule has 3 aromatic carbocycles. The van der Waals surface area contributed by atoms with Crippen molar-refractivity contribution in [3.63, 3.8) is 0 Å². The zero-order chi connectivity index (χ0) is 33.0. The minimum atomic E-state index is -0.268. The van der Waals surface area contributed by atoms with Crippen LogP contribution in [0.5, 0.6) is 23.3 Å². The fourth-order valence-corrected chi connectivity index (χ4v) is 6.67. The van der Waals surface area contributed by atoms with Gasteiger partial charge in [-0.25, -0.2) is 0 Å². The Morgan fingerprint density at radius 3 is 2.54 bits per heavy atom. The maximum atomic E-state index is 11.6. The third-order valence-corrected chi connectivity index (χ3v) is 8.99. The summed E-state index contributed by atoms with van der Waals surface area (Å²) < 4.78 is 24.3. The number of pyridine rings is 1. The molecule has 7 rings (SSSR count). The van der Waals surface area contributed by atoms with Crippen molar-refractivity contribution in [2.75, 3.05) is 19.8 Å². The molecule has 48 heavy (non-hydrogen) atoms. The van der Waals surface area contributed by atoms with Crippen LogP contribution in [0.1, 0.15) is 58.7 Å². The number of hydrogen-bond acceptors (Lipinski definition) is 9. The van der Waals surface area contributed by atoms with E-state index in [4.69, 9.17) is 35.5 Å². The van der Waals surface area contributed by atoms with Crippen molar-refractivity contribution in [2.45, 2.75) is 51.0 Å². The van der Waals surface area contributed by atoms with Crippen LogP contribution in [0.25, 0.3) is 11.1 Å². The molecule has 0 bridgehead atoms. The molecule has 1 fully saturated rings. The normalized spacial score (nSPS) is 17.6. The predicted molar refractivity (Wildman–Crippen MR) is 177 cm³/mol. The number of carbonyl (C=O) groups is 1. The molecule has 0 saturated carbocycles. The first-order chi connectivity index (χ1) is 23.5. The SMILES string of the molecule is N#Cc1cc(C#N)cc(COc2nc(O[C@H]3CCc4c(-c5ccc6c(c5)OCCO6)cccc43)c(Cl)cc2CNC[C@@H]2CCC(=O)N2)c1.